The molecule has 0 atom stereocenters. The number of aromatic nitrogens is 1. The largest absolute Gasteiger partial charge is 0.384 e. The van der Waals surface area contributed by atoms with Gasteiger partial charge in [0.1, 0.15) is 11.6 Å². The van der Waals surface area contributed by atoms with Gasteiger partial charge in [0.05, 0.1) is 0 Å². The molecule has 0 saturated carbocycles. The smallest absolute Gasteiger partial charge is 0.133 e. The van der Waals surface area contributed by atoms with Gasteiger partial charge in [0.25, 0.3) is 0 Å². The van der Waals surface area contributed by atoms with Crippen LogP contribution in [-0.4, -0.2) is 4.98 Å². The molecule has 0 aliphatic rings. The van der Waals surface area contributed by atoms with Crippen molar-refractivity contribution in [3.63, 3.8) is 0 Å². The molecule has 1 aromatic carbocycles. The quantitative estimate of drug-likeness (QED) is 0.605. The lowest BCUT2D eigenvalue weighted by atomic mass is 10.1. The minimum Gasteiger partial charge on any atom is -0.384 e. The standard InChI is InChI=1S/C9H8N3/c10-8-5-6-3-1-2-4-7(6)9(11)12-8/h1,3-5H,(H4,10,11,12). The lowest BCUT2D eigenvalue weighted by Crippen LogP contribution is -1.96. The van der Waals surface area contributed by atoms with Crippen molar-refractivity contribution < 1.29 is 0 Å². The van der Waals surface area contributed by atoms with Crippen LogP contribution in [0.4, 0.5) is 11.6 Å². The fourth-order valence-electron chi connectivity index (χ4n) is 1.18. The van der Waals surface area contributed by atoms with Crippen LogP contribution in [0.5, 0.6) is 0 Å². The fourth-order valence-corrected chi connectivity index (χ4v) is 1.18. The summed E-state index contributed by atoms with van der Waals surface area (Å²) in [6.07, 6.45) is 0. The molecule has 0 bridgehead atoms. The SMILES string of the molecule is Nc1cc2cc[c]cc2c(N)n1. The number of nitrogens with two attached hydrogens (primary N) is 2. The summed E-state index contributed by atoms with van der Waals surface area (Å²) in [5, 5.41) is 1.89. The number of hydrogen-bond acceptors (Lipinski definition) is 3. The van der Waals surface area contributed by atoms with Gasteiger partial charge in [0, 0.05) is 5.39 Å². The number of rotatable bonds is 0. The summed E-state index contributed by atoms with van der Waals surface area (Å²) >= 11 is 0. The molecule has 0 aliphatic carbocycles. The molecule has 0 unspecified atom stereocenters. The number of benzene rings is 1. The van der Waals surface area contributed by atoms with Crippen molar-refractivity contribution in [2.75, 3.05) is 11.5 Å². The van der Waals surface area contributed by atoms with Crippen LogP contribution in [0.1, 0.15) is 0 Å². The summed E-state index contributed by atoms with van der Waals surface area (Å²) in [6.45, 7) is 0. The van der Waals surface area contributed by atoms with Crippen LogP contribution in [0, 0.1) is 6.07 Å². The van der Waals surface area contributed by atoms with Crippen molar-refractivity contribution >= 4 is 22.4 Å². The Labute approximate surface area is 70.0 Å². The monoisotopic (exact) mass is 158 g/mol. The van der Waals surface area contributed by atoms with E-state index < -0.39 is 0 Å². The van der Waals surface area contributed by atoms with Crippen LogP contribution >= 0.6 is 0 Å². The molecular formula is C9H8N3. The Balaban J connectivity index is 2.89. The Kier molecular flexibility index (Phi) is 1.37. The summed E-state index contributed by atoms with van der Waals surface area (Å²) in [7, 11) is 0. The highest BCUT2D eigenvalue weighted by Gasteiger charge is 1.98. The molecule has 59 valence electrons. The molecule has 1 radical (unpaired) electrons. The first-order valence-electron chi connectivity index (χ1n) is 3.59. The van der Waals surface area contributed by atoms with E-state index in [9.17, 15) is 0 Å². The normalized spacial score (nSPS) is 10.3. The maximum atomic E-state index is 5.65. The highest BCUT2D eigenvalue weighted by molar-refractivity contribution is 5.92. The number of fused-ring (bicyclic) bond motifs is 1. The number of nitrogen functional groups attached to an aromatic ring is 2. The Bertz CT molecular complexity index is 423. The van der Waals surface area contributed by atoms with Gasteiger partial charge in [-0.3, -0.25) is 0 Å². The van der Waals surface area contributed by atoms with Crippen molar-refractivity contribution in [3.05, 3.63) is 30.3 Å². The molecule has 2 aromatic rings. The van der Waals surface area contributed by atoms with Gasteiger partial charge in [0.2, 0.25) is 0 Å². The van der Waals surface area contributed by atoms with Gasteiger partial charge < -0.3 is 11.5 Å². The summed E-state index contributed by atoms with van der Waals surface area (Å²) in [5.41, 5.74) is 11.2. The first kappa shape index (κ1) is 6.91. The molecule has 0 fully saturated rings. The van der Waals surface area contributed by atoms with Gasteiger partial charge in [-0.25, -0.2) is 4.98 Å². The van der Waals surface area contributed by atoms with E-state index in [-0.39, 0.29) is 0 Å². The van der Waals surface area contributed by atoms with Crippen LogP contribution < -0.4 is 11.5 Å². The summed E-state index contributed by atoms with van der Waals surface area (Å²) in [6, 6.07) is 10.3. The molecule has 3 nitrogen and oxygen atoms in total. The zero-order valence-corrected chi connectivity index (χ0v) is 6.41. The highest BCUT2D eigenvalue weighted by Crippen LogP contribution is 2.20. The van der Waals surface area contributed by atoms with Gasteiger partial charge in [-0.2, -0.15) is 0 Å². The predicted molar refractivity (Wildman–Crippen MR) is 49.4 cm³/mol. The zero-order chi connectivity index (χ0) is 8.55. The van der Waals surface area contributed by atoms with E-state index in [2.05, 4.69) is 11.1 Å². The minimum atomic E-state index is 0.450. The molecule has 2 rings (SSSR count). The third-order valence-electron chi connectivity index (χ3n) is 1.73. The van der Waals surface area contributed by atoms with Crippen molar-refractivity contribution in [1.82, 2.24) is 4.98 Å². The molecule has 3 heteroatoms. The third kappa shape index (κ3) is 0.955. The molecule has 0 saturated heterocycles. The molecule has 0 amide bonds. The molecule has 0 spiro atoms. The van der Waals surface area contributed by atoms with E-state index in [4.69, 9.17) is 11.5 Å². The first-order chi connectivity index (χ1) is 5.77. The van der Waals surface area contributed by atoms with Crippen molar-refractivity contribution in [2.24, 2.45) is 0 Å². The number of pyridine rings is 1. The molecule has 12 heavy (non-hydrogen) atoms. The molecule has 0 aliphatic heterocycles. The van der Waals surface area contributed by atoms with Gasteiger partial charge >= 0.3 is 0 Å². The Morgan fingerprint density at radius 1 is 1.33 bits per heavy atom. The Hall–Kier alpha value is -1.77. The van der Waals surface area contributed by atoms with Crippen molar-refractivity contribution in [1.29, 1.82) is 0 Å². The summed E-state index contributed by atoms with van der Waals surface area (Å²) in [5.74, 6) is 0.910. The molecule has 4 N–H and O–H groups in total. The summed E-state index contributed by atoms with van der Waals surface area (Å²) < 4.78 is 0. The van der Waals surface area contributed by atoms with Gasteiger partial charge in [-0.1, -0.05) is 12.1 Å². The van der Waals surface area contributed by atoms with Crippen molar-refractivity contribution in [2.45, 2.75) is 0 Å². The Morgan fingerprint density at radius 3 is 3.00 bits per heavy atom. The topological polar surface area (TPSA) is 64.9 Å². The second-order valence-corrected chi connectivity index (χ2v) is 2.58. The maximum Gasteiger partial charge on any atom is 0.133 e. The second kappa shape index (κ2) is 2.37. The van der Waals surface area contributed by atoms with E-state index >= 15 is 0 Å². The molecular weight excluding hydrogens is 150 g/mol. The fraction of sp³-hybridized carbons (Fsp3) is 0. The van der Waals surface area contributed by atoms with E-state index in [0.717, 1.165) is 10.8 Å². The van der Waals surface area contributed by atoms with Crippen LogP contribution in [0.2, 0.25) is 0 Å². The van der Waals surface area contributed by atoms with E-state index in [1.54, 1.807) is 12.1 Å². The lowest BCUT2D eigenvalue weighted by Gasteiger charge is -2.01. The third-order valence-corrected chi connectivity index (χ3v) is 1.73. The van der Waals surface area contributed by atoms with Gasteiger partial charge in [-0.05, 0) is 23.6 Å². The molecule has 1 aromatic heterocycles. The maximum absolute atomic E-state index is 5.65. The molecule has 1 heterocycles. The van der Waals surface area contributed by atoms with Crippen LogP contribution in [0.15, 0.2) is 24.3 Å². The first-order valence-corrected chi connectivity index (χ1v) is 3.59. The second-order valence-electron chi connectivity index (χ2n) is 2.58. The lowest BCUT2D eigenvalue weighted by molar-refractivity contribution is 1.37. The van der Waals surface area contributed by atoms with Crippen molar-refractivity contribution in [3.8, 4) is 0 Å². The average Bonchev–Trinajstić information content (AvgIpc) is 2.04. The average molecular weight is 158 g/mol. The van der Waals surface area contributed by atoms with E-state index in [1.165, 1.54) is 0 Å². The number of hydrogen-bond donors (Lipinski definition) is 2. The van der Waals surface area contributed by atoms with Gasteiger partial charge in [-0.15, -0.1) is 0 Å². The zero-order valence-electron chi connectivity index (χ0n) is 6.41. The predicted octanol–water partition coefficient (Wildman–Crippen LogP) is 1.20. The van der Waals surface area contributed by atoms with Crippen LogP contribution in [0.3, 0.4) is 0 Å². The van der Waals surface area contributed by atoms with E-state index in [1.807, 2.05) is 12.1 Å². The number of anilines is 2. The van der Waals surface area contributed by atoms with E-state index in [0.29, 0.717) is 11.6 Å². The highest BCUT2D eigenvalue weighted by atomic mass is 14.9. The van der Waals surface area contributed by atoms with Crippen LogP contribution in [-0.2, 0) is 0 Å². The van der Waals surface area contributed by atoms with Gasteiger partial charge in [0.15, 0.2) is 0 Å². The Morgan fingerprint density at radius 2 is 2.17 bits per heavy atom. The minimum absolute atomic E-state index is 0.450. The van der Waals surface area contributed by atoms with Crippen LogP contribution in [0.25, 0.3) is 10.8 Å². The summed E-state index contributed by atoms with van der Waals surface area (Å²) in [4.78, 5) is 3.94. The number of nitrogens with zero attached hydrogens (tertiary/aromatic N) is 1.